The Morgan fingerprint density at radius 1 is 1.48 bits per heavy atom. The monoisotopic (exact) mass is 308 g/mol. The van der Waals surface area contributed by atoms with Crippen molar-refractivity contribution in [3.8, 4) is 0 Å². The molecule has 0 aliphatic carbocycles. The van der Waals surface area contributed by atoms with E-state index in [1.165, 1.54) is 0 Å². The van der Waals surface area contributed by atoms with Gasteiger partial charge in [0, 0.05) is 35.5 Å². The molecular weight excluding hydrogens is 288 g/mol. The summed E-state index contributed by atoms with van der Waals surface area (Å²) in [6.07, 6.45) is 1.76. The number of rotatable bonds is 4. The second-order valence-electron chi connectivity index (χ2n) is 5.93. The third kappa shape index (κ3) is 4.29. The molecule has 2 aromatic heterocycles. The van der Waals surface area contributed by atoms with Gasteiger partial charge in [0.1, 0.15) is 5.76 Å². The number of anilines is 1. The number of hydrogen-bond acceptors (Lipinski definition) is 5. The Labute approximate surface area is 127 Å². The third-order valence-electron chi connectivity index (χ3n) is 2.93. The topological polar surface area (TPSA) is 80.0 Å². The Morgan fingerprint density at radius 2 is 2.24 bits per heavy atom. The maximum Gasteiger partial charge on any atom is 0.320 e. The summed E-state index contributed by atoms with van der Waals surface area (Å²) >= 11 is 1.58. The van der Waals surface area contributed by atoms with Crippen LogP contribution in [0.5, 0.6) is 0 Å². The molecule has 0 radical (unpaired) electrons. The van der Waals surface area contributed by atoms with Crippen LogP contribution in [0.3, 0.4) is 0 Å². The molecule has 2 aromatic rings. The van der Waals surface area contributed by atoms with Crippen molar-refractivity contribution in [1.82, 2.24) is 15.5 Å². The summed E-state index contributed by atoms with van der Waals surface area (Å²) in [7, 11) is 0. The molecule has 0 saturated heterocycles. The fourth-order valence-corrected chi connectivity index (χ4v) is 2.36. The van der Waals surface area contributed by atoms with E-state index in [1.807, 2.05) is 33.1 Å². The number of carbonyl (C=O) groups excluding carboxylic acids is 1. The highest BCUT2D eigenvalue weighted by atomic mass is 32.1. The van der Waals surface area contributed by atoms with Crippen molar-refractivity contribution in [2.24, 2.45) is 0 Å². The Morgan fingerprint density at radius 3 is 2.81 bits per heavy atom. The molecule has 21 heavy (non-hydrogen) atoms. The number of nitrogens with zero attached hydrogens (tertiary/aromatic N) is 2. The van der Waals surface area contributed by atoms with E-state index in [9.17, 15) is 4.79 Å². The Balaban J connectivity index is 1.83. The van der Waals surface area contributed by atoms with Crippen LogP contribution in [0.2, 0.25) is 0 Å². The number of hydrogen-bond donors (Lipinski definition) is 2. The van der Waals surface area contributed by atoms with Gasteiger partial charge in [-0.15, -0.1) is 11.3 Å². The van der Waals surface area contributed by atoms with E-state index in [-0.39, 0.29) is 17.4 Å². The van der Waals surface area contributed by atoms with Crippen molar-refractivity contribution in [1.29, 1.82) is 0 Å². The molecule has 0 aliphatic rings. The number of urea groups is 1. The van der Waals surface area contributed by atoms with Crippen LogP contribution in [0, 0.1) is 0 Å². The summed E-state index contributed by atoms with van der Waals surface area (Å²) in [4.78, 5) is 16.1. The predicted molar refractivity (Wildman–Crippen MR) is 82.8 cm³/mol. The van der Waals surface area contributed by atoms with E-state index in [0.29, 0.717) is 12.4 Å². The molecule has 114 valence electrons. The fourth-order valence-electron chi connectivity index (χ4n) is 1.66. The molecule has 0 unspecified atom stereocenters. The minimum absolute atomic E-state index is 0.136. The number of thiazole rings is 1. The second-order valence-corrected chi connectivity index (χ2v) is 6.86. The predicted octanol–water partition coefficient (Wildman–Crippen LogP) is 3.35. The molecule has 2 N–H and O–H groups in total. The molecule has 6 nitrogen and oxygen atoms in total. The Hall–Kier alpha value is -1.89. The van der Waals surface area contributed by atoms with E-state index in [4.69, 9.17) is 4.52 Å². The standard InChI is InChI=1S/C14H20N4O2S/c1-9(12-15-5-6-21-12)8-16-13(19)17-11-7-10(20-18-11)14(2,3)4/h5-7,9H,8H2,1-4H3,(H2,16,17,18,19)/t9-/m1/s1. The summed E-state index contributed by atoms with van der Waals surface area (Å²) in [5.74, 6) is 1.33. The maximum absolute atomic E-state index is 11.8. The summed E-state index contributed by atoms with van der Waals surface area (Å²) in [5.41, 5.74) is -0.136. The summed E-state index contributed by atoms with van der Waals surface area (Å²) in [6, 6.07) is 1.44. The lowest BCUT2D eigenvalue weighted by Crippen LogP contribution is -2.31. The zero-order valence-electron chi connectivity index (χ0n) is 12.6. The van der Waals surface area contributed by atoms with Crippen LogP contribution in [0.4, 0.5) is 10.6 Å². The first-order valence-electron chi connectivity index (χ1n) is 6.77. The molecule has 2 rings (SSSR count). The molecule has 0 bridgehead atoms. The molecule has 0 fully saturated rings. The SMILES string of the molecule is C[C@H](CNC(=O)Nc1cc(C(C)(C)C)on1)c1nccs1. The number of carbonyl (C=O) groups is 1. The first kappa shape index (κ1) is 15.5. The quantitative estimate of drug-likeness (QED) is 0.907. The lowest BCUT2D eigenvalue weighted by molar-refractivity contribution is 0.251. The molecular formula is C14H20N4O2S. The summed E-state index contributed by atoms with van der Waals surface area (Å²) < 4.78 is 5.21. The van der Waals surface area contributed by atoms with Gasteiger partial charge >= 0.3 is 6.03 Å². The van der Waals surface area contributed by atoms with Gasteiger partial charge in [0.15, 0.2) is 5.82 Å². The Kier molecular flexibility index (Phi) is 4.62. The highest BCUT2D eigenvalue weighted by Gasteiger charge is 2.20. The third-order valence-corrected chi connectivity index (χ3v) is 3.94. The zero-order chi connectivity index (χ0) is 15.5. The van der Waals surface area contributed by atoms with Crippen molar-refractivity contribution in [3.63, 3.8) is 0 Å². The minimum atomic E-state index is -0.299. The van der Waals surface area contributed by atoms with Crippen LogP contribution in [-0.4, -0.2) is 22.7 Å². The van der Waals surface area contributed by atoms with Gasteiger partial charge in [0.2, 0.25) is 0 Å². The summed E-state index contributed by atoms with van der Waals surface area (Å²) in [6.45, 7) is 8.60. The van der Waals surface area contributed by atoms with Gasteiger partial charge in [-0.2, -0.15) is 0 Å². The first-order valence-corrected chi connectivity index (χ1v) is 7.65. The Bertz CT molecular complexity index is 586. The lowest BCUT2D eigenvalue weighted by atomic mass is 9.93. The number of aromatic nitrogens is 2. The van der Waals surface area contributed by atoms with Gasteiger partial charge < -0.3 is 9.84 Å². The normalized spacial score (nSPS) is 13.0. The van der Waals surface area contributed by atoms with E-state index >= 15 is 0 Å². The molecule has 1 atom stereocenters. The molecule has 0 aromatic carbocycles. The molecule has 0 aliphatic heterocycles. The van der Waals surface area contributed by atoms with E-state index < -0.39 is 0 Å². The van der Waals surface area contributed by atoms with Gasteiger partial charge in [0.25, 0.3) is 0 Å². The van der Waals surface area contributed by atoms with Crippen molar-refractivity contribution >= 4 is 23.2 Å². The number of nitrogens with one attached hydrogen (secondary N) is 2. The molecule has 7 heteroatoms. The lowest BCUT2D eigenvalue weighted by Gasteiger charge is -2.12. The molecule has 2 heterocycles. The van der Waals surface area contributed by atoms with Gasteiger partial charge in [-0.25, -0.2) is 9.78 Å². The minimum Gasteiger partial charge on any atom is -0.359 e. The average Bonchev–Trinajstić information content (AvgIpc) is 3.05. The van der Waals surface area contributed by atoms with Gasteiger partial charge in [0.05, 0.1) is 5.01 Å². The average molecular weight is 308 g/mol. The van der Waals surface area contributed by atoms with Crippen LogP contribution in [0.25, 0.3) is 0 Å². The molecule has 2 amide bonds. The first-order chi connectivity index (χ1) is 9.86. The van der Waals surface area contributed by atoms with Gasteiger partial charge in [-0.1, -0.05) is 32.9 Å². The van der Waals surface area contributed by atoms with Crippen LogP contribution >= 0.6 is 11.3 Å². The number of amides is 2. The van der Waals surface area contributed by atoms with Crippen LogP contribution in [0.1, 0.15) is 44.4 Å². The van der Waals surface area contributed by atoms with Gasteiger partial charge in [-0.3, -0.25) is 5.32 Å². The van der Waals surface area contributed by atoms with E-state index in [0.717, 1.165) is 10.8 Å². The van der Waals surface area contributed by atoms with Crippen molar-refractivity contribution in [2.75, 3.05) is 11.9 Å². The maximum atomic E-state index is 11.8. The van der Waals surface area contributed by atoms with E-state index in [1.54, 1.807) is 23.6 Å². The van der Waals surface area contributed by atoms with Gasteiger partial charge in [-0.05, 0) is 0 Å². The highest BCUT2D eigenvalue weighted by Crippen LogP contribution is 2.24. The fraction of sp³-hybridized carbons (Fsp3) is 0.500. The largest absolute Gasteiger partial charge is 0.359 e. The van der Waals surface area contributed by atoms with E-state index in [2.05, 4.69) is 20.8 Å². The second kappa shape index (κ2) is 6.26. The van der Waals surface area contributed by atoms with Crippen LogP contribution < -0.4 is 10.6 Å². The zero-order valence-corrected chi connectivity index (χ0v) is 13.5. The van der Waals surface area contributed by atoms with Crippen molar-refractivity contribution in [2.45, 2.75) is 39.0 Å². The smallest absolute Gasteiger partial charge is 0.320 e. The van der Waals surface area contributed by atoms with Crippen LogP contribution in [0.15, 0.2) is 22.2 Å². The highest BCUT2D eigenvalue weighted by molar-refractivity contribution is 7.09. The molecule has 0 spiro atoms. The van der Waals surface area contributed by atoms with Crippen LogP contribution in [-0.2, 0) is 5.41 Å². The summed E-state index contributed by atoms with van der Waals surface area (Å²) in [5, 5.41) is 12.2. The molecule has 0 saturated carbocycles. The van der Waals surface area contributed by atoms with Crippen molar-refractivity contribution in [3.05, 3.63) is 28.4 Å². The van der Waals surface area contributed by atoms with Crippen molar-refractivity contribution < 1.29 is 9.32 Å².